The van der Waals surface area contributed by atoms with Gasteiger partial charge in [-0.15, -0.1) is 0 Å². The Labute approximate surface area is 113 Å². The predicted molar refractivity (Wildman–Crippen MR) is 72.1 cm³/mol. The first-order valence-electron chi connectivity index (χ1n) is 5.96. The third-order valence-electron chi connectivity index (χ3n) is 2.88. The average Bonchev–Trinajstić information content (AvgIpc) is 2.85. The van der Waals surface area contributed by atoms with Gasteiger partial charge in [0.15, 0.2) is 17.2 Å². The van der Waals surface area contributed by atoms with Crippen LogP contribution in [-0.4, -0.2) is 4.98 Å². The van der Waals surface area contributed by atoms with Crippen LogP contribution in [0.3, 0.4) is 0 Å². The summed E-state index contributed by atoms with van der Waals surface area (Å²) in [7, 11) is 0. The number of rotatable bonds is 3. The van der Waals surface area contributed by atoms with E-state index in [9.17, 15) is 8.78 Å². The largest absolute Gasteiger partial charge is 0.423 e. The first-order valence-corrected chi connectivity index (χ1v) is 5.96. The van der Waals surface area contributed by atoms with E-state index in [4.69, 9.17) is 10.2 Å². The van der Waals surface area contributed by atoms with Crippen LogP contribution in [0, 0.1) is 11.6 Å². The molecule has 0 unspecified atom stereocenters. The molecule has 20 heavy (non-hydrogen) atoms. The summed E-state index contributed by atoms with van der Waals surface area (Å²) in [6.07, 6.45) is 0. The van der Waals surface area contributed by atoms with Gasteiger partial charge in [0, 0.05) is 6.54 Å². The normalized spacial score (nSPS) is 10.9. The highest BCUT2D eigenvalue weighted by molar-refractivity contribution is 5.86. The maximum Gasteiger partial charge on any atom is 0.296 e. The van der Waals surface area contributed by atoms with Crippen LogP contribution >= 0.6 is 0 Å². The maximum atomic E-state index is 13.1. The van der Waals surface area contributed by atoms with Crippen LogP contribution in [0.5, 0.6) is 0 Å². The standard InChI is InChI=1S/C14H11F2N3O/c15-9-5-4-8(6-10(9)16)7-18-14-19-13-11(17)2-1-3-12(13)20-14/h1-6H,7,17H2,(H,18,19). The van der Waals surface area contributed by atoms with E-state index in [1.54, 1.807) is 18.2 Å². The topological polar surface area (TPSA) is 64.1 Å². The second-order valence-electron chi connectivity index (χ2n) is 4.32. The summed E-state index contributed by atoms with van der Waals surface area (Å²) in [5.41, 5.74) is 8.01. The number of hydrogen-bond donors (Lipinski definition) is 2. The summed E-state index contributed by atoms with van der Waals surface area (Å²) in [6.45, 7) is 0.268. The van der Waals surface area contributed by atoms with Crippen molar-refractivity contribution >= 4 is 22.8 Å². The van der Waals surface area contributed by atoms with Gasteiger partial charge in [0.2, 0.25) is 0 Å². The molecule has 3 rings (SSSR count). The summed E-state index contributed by atoms with van der Waals surface area (Å²) < 4.78 is 31.3. The van der Waals surface area contributed by atoms with E-state index in [0.29, 0.717) is 22.4 Å². The second kappa shape index (κ2) is 4.80. The van der Waals surface area contributed by atoms with E-state index in [-0.39, 0.29) is 12.6 Å². The van der Waals surface area contributed by atoms with Crippen molar-refractivity contribution in [3.63, 3.8) is 0 Å². The third-order valence-corrected chi connectivity index (χ3v) is 2.88. The average molecular weight is 275 g/mol. The van der Waals surface area contributed by atoms with Crippen LogP contribution in [0.25, 0.3) is 11.1 Å². The number of benzene rings is 2. The summed E-state index contributed by atoms with van der Waals surface area (Å²) in [6, 6.07) is 9.22. The molecular weight excluding hydrogens is 264 g/mol. The first-order chi connectivity index (χ1) is 9.63. The summed E-state index contributed by atoms with van der Waals surface area (Å²) in [4.78, 5) is 4.20. The van der Waals surface area contributed by atoms with Gasteiger partial charge in [-0.1, -0.05) is 12.1 Å². The number of hydrogen-bond acceptors (Lipinski definition) is 4. The molecule has 0 aliphatic rings. The number of nitrogens with zero attached hydrogens (tertiary/aromatic N) is 1. The van der Waals surface area contributed by atoms with Crippen LogP contribution in [0.1, 0.15) is 5.56 Å². The highest BCUT2D eigenvalue weighted by Crippen LogP contribution is 2.23. The lowest BCUT2D eigenvalue weighted by molar-refractivity contribution is 0.507. The summed E-state index contributed by atoms with van der Waals surface area (Å²) >= 11 is 0. The number of fused-ring (bicyclic) bond motifs is 1. The van der Waals surface area contributed by atoms with Gasteiger partial charge in [-0.25, -0.2) is 8.78 Å². The molecular formula is C14H11F2N3O. The van der Waals surface area contributed by atoms with Crippen molar-refractivity contribution in [1.29, 1.82) is 0 Å². The fourth-order valence-electron chi connectivity index (χ4n) is 1.87. The molecule has 3 aromatic rings. The molecule has 1 heterocycles. The van der Waals surface area contributed by atoms with Crippen molar-refractivity contribution in [2.24, 2.45) is 0 Å². The lowest BCUT2D eigenvalue weighted by Gasteiger charge is -2.02. The molecule has 0 bridgehead atoms. The lowest BCUT2D eigenvalue weighted by Crippen LogP contribution is -2.00. The number of para-hydroxylation sites is 1. The van der Waals surface area contributed by atoms with E-state index in [1.165, 1.54) is 6.07 Å². The zero-order chi connectivity index (χ0) is 14.1. The second-order valence-corrected chi connectivity index (χ2v) is 4.32. The van der Waals surface area contributed by atoms with E-state index in [1.807, 2.05) is 0 Å². The van der Waals surface area contributed by atoms with Crippen molar-refractivity contribution in [2.75, 3.05) is 11.1 Å². The molecule has 1 aromatic heterocycles. The SMILES string of the molecule is Nc1cccc2oc(NCc3ccc(F)c(F)c3)nc12. The van der Waals surface area contributed by atoms with E-state index in [0.717, 1.165) is 12.1 Å². The van der Waals surface area contributed by atoms with Gasteiger partial charge in [0.25, 0.3) is 6.01 Å². The molecule has 102 valence electrons. The third kappa shape index (κ3) is 2.27. The smallest absolute Gasteiger partial charge is 0.296 e. The molecule has 0 atom stereocenters. The molecule has 3 N–H and O–H groups in total. The number of nitrogens with one attached hydrogen (secondary N) is 1. The number of nitrogen functional groups attached to an aromatic ring is 1. The minimum Gasteiger partial charge on any atom is -0.423 e. The van der Waals surface area contributed by atoms with E-state index < -0.39 is 11.6 Å². The van der Waals surface area contributed by atoms with Crippen molar-refractivity contribution in [3.8, 4) is 0 Å². The van der Waals surface area contributed by atoms with Crippen LogP contribution in [-0.2, 0) is 6.54 Å². The molecule has 0 amide bonds. The zero-order valence-electron chi connectivity index (χ0n) is 10.4. The molecule has 0 aliphatic heterocycles. The quantitative estimate of drug-likeness (QED) is 0.720. The summed E-state index contributed by atoms with van der Waals surface area (Å²) in [5, 5.41) is 2.90. The van der Waals surface area contributed by atoms with Crippen molar-refractivity contribution < 1.29 is 13.2 Å². The molecule has 0 saturated carbocycles. The Kier molecular flexibility index (Phi) is 2.98. The molecule has 0 saturated heterocycles. The van der Waals surface area contributed by atoms with Crippen LogP contribution in [0.4, 0.5) is 20.5 Å². The zero-order valence-corrected chi connectivity index (χ0v) is 10.4. The van der Waals surface area contributed by atoms with Gasteiger partial charge in [-0.2, -0.15) is 4.98 Å². The Hall–Kier alpha value is -2.63. The minimum atomic E-state index is -0.883. The van der Waals surface area contributed by atoms with E-state index >= 15 is 0 Å². The number of aromatic nitrogens is 1. The number of oxazole rings is 1. The molecule has 0 fully saturated rings. The highest BCUT2D eigenvalue weighted by Gasteiger charge is 2.08. The lowest BCUT2D eigenvalue weighted by atomic mass is 10.2. The minimum absolute atomic E-state index is 0.268. The number of halogens is 2. The molecule has 0 aliphatic carbocycles. The predicted octanol–water partition coefficient (Wildman–Crippen LogP) is 3.30. The van der Waals surface area contributed by atoms with Gasteiger partial charge in [0.05, 0.1) is 5.69 Å². The Morgan fingerprint density at radius 1 is 1.15 bits per heavy atom. The first kappa shape index (κ1) is 12.4. The fourth-order valence-corrected chi connectivity index (χ4v) is 1.87. The van der Waals surface area contributed by atoms with Crippen molar-refractivity contribution in [3.05, 3.63) is 53.6 Å². The van der Waals surface area contributed by atoms with Gasteiger partial charge in [-0.3, -0.25) is 0 Å². The van der Waals surface area contributed by atoms with Gasteiger partial charge in [0.1, 0.15) is 5.52 Å². The van der Waals surface area contributed by atoms with Crippen LogP contribution < -0.4 is 11.1 Å². The Morgan fingerprint density at radius 2 is 2.00 bits per heavy atom. The van der Waals surface area contributed by atoms with Crippen molar-refractivity contribution in [1.82, 2.24) is 4.98 Å². The Bertz CT molecular complexity index is 770. The molecule has 2 aromatic carbocycles. The number of anilines is 2. The molecule has 0 spiro atoms. The molecule has 4 nitrogen and oxygen atoms in total. The highest BCUT2D eigenvalue weighted by atomic mass is 19.2. The van der Waals surface area contributed by atoms with Gasteiger partial charge >= 0.3 is 0 Å². The number of nitrogens with two attached hydrogens (primary N) is 1. The van der Waals surface area contributed by atoms with Crippen LogP contribution in [0.15, 0.2) is 40.8 Å². The molecule has 0 radical (unpaired) electrons. The summed E-state index contributed by atoms with van der Waals surface area (Å²) in [5.74, 6) is -1.76. The van der Waals surface area contributed by atoms with Gasteiger partial charge < -0.3 is 15.5 Å². The van der Waals surface area contributed by atoms with Crippen LogP contribution in [0.2, 0.25) is 0 Å². The molecule has 6 heteroatoms. The van der Waals surface area contributed by atoms with E-state index in [2.05, 4.69) is 10.3 Å². The van der Waals surface area contributed by atoms with Crippen molar-refractivity contribution in [2.45, 2.75) is 6.54 Å². The monoisotopic (exact) mass is 275 g/mol. The Morgan fingerprint density at radius 3 is 2.75 bits per heavy atom. The maximum absolute atomic E-state index is 13.1. The van der Waals surface area contributed by atoms with Gasteiger partial charge in [-0.05, 0) is 29.8 Å². The fraction of sp³-hybridized carbons (Fsp3) is 0.0714. The Balaban J connectivity index is 1.79.